The molecule has 8 heteroatoms. The van der Waals surface area contributed by atoms with Crippen LogP contribution in [0.3, 0.4) is 0 Å². The first-order valence-corrected chi connectivity index (χ1v) is 14.3. The van der Waals surface area contributed by atoms with Gasteiger partial charge in [-0.2, -0.15) is 0 Å². The smallest absolute Gasteiger partial charge is 0.186 e. The SMILES string of the molecule is COCC(C)OCC(C)OCC(C)OCC(C)OCC(C)OCCC[Si](C)(C)OC. The van der Waals surface area contributed by atoms with Gasteiger partial charge < -0.3 is 32.8 Å². The molecule has 0 amide bonds. The quantitative estimate of drug-likeness (QED) is 0.205. The average Bonchev–Trinajstić information content (AvgIpc) is 2.71. The van der Waals surface area contributed by atoms with Gasteiger partial charge in [0.25, 0.3) is 0 Å². The maximum Gasteiger partial charge on any atom is 0.186 e. The van der Waals surface area contributed by atoms with Crippen LogP contribution in [0.4, 0.5) is 0 Å². The Kier molecular flexibility index (Phi) is 17.5. The van der Waals surface area contributed by atoms with Crippen LogP contribution >= 0.6 is 0 Å². The van der Waals surface area contributed by atoms with Gasteiger partial charge in [0, 0.05) is 20.8 Å². The fraction of sp³-hybridized carbons (Fsp3) is 1.00. The monoisotopic (exact) mass is 452 g/mol. The number of hydrogen-bond donors (Lipinski definition) is 0. The zero-order valence-corrected chi connectivity index (χ0v) is 21.9. The van der Waals surface area contributed by atoms with Gasteiger partial charge >= 0.3 is 0 Å². The van der Waals surface area contributed by atoms with Gasteiger partial charge in [0.05, 0.1) is 63.6 Å². The van der Waals surface area contributed by atoms with E-state index in [9.17, 15) is 0 Å². The van der Waals surface area contributed by atoms with Gasteiger partial charge in [-0.25, -0.2) is 0 Å². The summed E-state index contributed by atoms with van der Waals surface area (Å²) < 4.78 is 39.6. The van der Waals surface area contributed by atoms with Gasteiger partial charge in [0.1, 0.15) is 0 Å². The number of methoxy groups -OCH3 is 1. The molecule has 5 atom stereocenters. The van der Waals surface area contributed by atoms with E-state index < -0.39 is 8.32 Å². The van der Waals surface area contributed by atoms with E-state index in [1.807, 2.05) is 34.6 Å². The summed E-state index contributed by atoms with van der Waals surface area (Å²) in [4.78, 5) is 0. The standard InChI is InChI=1S/C22H48O7Si/c1-18(13-23-6)26-15-20(3)28-17-22(5)29-16-21(4)27-14-19(2)25-11-10-12-30(8,9)24-7/h18-22H,10-17H2,1-9H3. The highest BCUT2D eigenvalue weighted by atomic mass is 28.4. The molecule has 0 aromatic carbocycles. The lowest BCUT2D eigenvalue weighted by Crippen LogP contribution is -2.30. The Morgan fingerprint density at radius 1 is 0.567 bits per heavy atom. The predicted octanol–water partition coefficient (Wildman–Crippen LogP) is 3.90. The molecule has 0 heterocycles. The molecule has 0 aliphatic heterocycles. The van der Waals surface area contributed by atoms with Crippen molar-refractivity contribution < 1.29 is 32.8 Å². The summed E-state index contributed by atoms with van der Waals surface area (Å²) in [6, 6.07) is 1.11. The molecule has 0 saturated heterocycles. The number of hydrogen-bond acceptors (Lipinski definition) is 7. The second-order valence-electron chi connectivity index (χ2n) is 8.78. The van der Waals surface area contributed by atoms with Crippen molar-refractivity contribution >= 4 is 8.32 Å². The van der Waals surface area contributed by atoms with Gasteiger partial charge in [0.15, 0.2) is 8.32 Å². The summed E-state index contributed by atoms with van der Waals surface area (Å²) in [6.45, 7) is 18.0. The fourth-order valence-electron chi connectivity index (χ4n) is 2.56. The molecule has 0 aromatic rings. The highest BCUT2D eigenvalue weighted by Crippen LogP contribution is 2.12. The molecule has 30 heavy (non-hydrogen) atoms. The second kappa shape index (κ2) is 17.5. The second-order valence-corrected chi connectivity index (χ2v) is 13.2. The molecule has 0 rings (SSSR count). The lowest BCUT2D eigenvalue weighted by Gasteiger charge is -2.22. The van der Waals surface area contributed by atoms with E-state index in [2.05, 4.69) is 13.1 Å². The zero-order chi connectivity index (χ0) is 23.0. The van der Waals surface area contributed by atoms with Crippen LogP contribution in [0.5, 0.6) is 0 Å². The molecule has 182 valence electrons. The summed E-state index contributed by atoms with van der Waals surface area (Å²) in [5, 5.41) is 0. The lowest BCUT2D eigenvalue weighted by atomic mass is 10.3. The zero-order valence-electron chi connectivity index (χ0n) is 20.9. The van der Waals surface area contributed by atoms with E-state index in [4.69, 9.17) is 32.8 Å². The molecule has 5 unspecified atom stereocenters. The Morgan fingerprint density at radius 3 is 1.30 bits per heavy atom. The Bertz CT molecular complexity index is 398. The van der Waals surface area contributed by atoms with Crippen LogP contribution in [0, 0.1) is 0 Å². The van der Waals surface area contributed by atoms with Crippen molar-refractivity contribution in [1.29, 1.82) is 0 Å². The summed E-state index contributed by atoms with van der Waals surface area (Å²) in [5.74, 6) is 0. The normalized spacial score (nSPS) is 17.5. The molecule has 0 fully saturated rings. The first-order valence-electron chi connectivity index (χ1n) is 11.2. The van der Waals surface area contributed by atoms with E-state index in [0.29, 0.717) is 33.0 Å². The molecule has 0 aromatic heterocycles. The van der Waals surface area contributed by atoms with Crippen molar-refractivity contribution in [1.82, 2.24) is 0 Å². The molecule has 0 radical (unpaired) electrons. The highest BCUT2D eigenvalue weighted by molar-refractivity contribution is 6.71. The third-order valence-electron chi connectivity index (χ3n) is 4.74. The molecular weight excluding hydrogens is 404 g/mol. The average molecular weight is 453 g/mol. The van der Waals surface area contributed by atoms with Gasteiger partial charge in [-0.15, -0.1) is 0 Å². The Labute approximate surface area is 186 Å². The molecule has 0 N–H and O–H groups in total. The maximum atomic E-state index is 5.85. The predicted molar refractivity (Wildman–Crippen MR) is 123 cm³/mol. The maximum absolute atomic E-state index is 5.85. The van der Waals surface area contributed by atoms with Crippen molar-refractivity contribution in [2.45, 2.75) is 90.7 Å². The first-order chi connectivity index (χ1) is 14.1. The molecule has 0 saturated carbocycles. The minimum absolute atomic E-state index is 0.00289. The molecule has 0 bridgehead atoms. The van der Waals surface area contributed by atoms with Crippen LogP contribution in [0.25, 0.3) is 0 Å². The Morgan fingerprint density at radius 2 is 0.933 bits per heavy atom. The van der Waals surface area contributed by atoms with Crippen LogP contribution < -0.4 is 0 Å². The molecular formula is C22H48O7Si. The molecule has 0 aliphatic rings. The summed E-state index contributed by atoms with van der Waals surface area (Å²) in [6.07, 6.45) is 1.19. The minimum Gasteiger partial charge on any atom is -0.420 e. The topological polar surface area (TPSA) is 64.6 Å². The Hall–Kier alpha value is -0.0631. The van der Waals surface area contributed by atoms with Gasteiger partial charge in [0.2, 0.25) is 0 Å². The number of rotatable bonds is 20. The summed E-state index contributed by atoms with van der Waals surface area (Å²) in [7, 11) is 1.99. The molecule has 0 spiro atoms. The van der Waals surface area contributed by atoms with Crippen LogP contribution in [0.15, 0.2) is 0 Å². The Balaban J connectivity index is 3.75. The molecule has 0 aliphatic carbocycles. The van der Waals surface area contributed by atoms with Gasteiger partial charge in [-0.1, -0.05) is 0 Å². The van der Waals surface area contributed by atoms with Crippen LogP contribution in [0.2, 0.25) is 19.1 Å². The van der Waals surface area contributed by atoms with Crippen LogP contribution in [-0.4, -0.2) is 92.7 Å². The molecule has 7 nitrogen and oxygen atoms in total. The van der Waals surface area contributed by atoms with E-state index in [1.165, 1.54) is 0 Å². The van der Waals surface area contributed by atoms with Gasteiger partial charge in [-0.3, -0.25) is 0 Å². The van der Waals surface area contributed by atoms with E-state index in [1.54, 1.807) is 14.2 Å². The van der Waals surface area contributed by atoms with E-state index in [-0.39, 0.29) is 30.5 Å². The third kappa shape index (κ3) is 17.6. The third-order valence-corrected chi connectivity index (χ3v) is 7.40. The van der Waals surface area contributed by atoms with Crippen LogP contribution in [0.1, 0.15) is 41.0 Å². The van der Waals surface area contributed by atoms with E-state index >= 15 is 0 Å². The lowest BCUT2D eigenvalue weighted by molar-refractivity contribution is -0.0983. The highest BCUT2D eigenvalue weighted by Gasteiger charge is 2.19. The first kappa shape index (κ1) is 29.9. The van der Waals surface area contributed by atoms with Crippen molar-refractivity contribution in [3.63, 3.8) is 0 Å². The van der Waals surface area contributed by atoms with Gasteiger partial charge in [-0.05, 0) is 60.2 Å². The number of ether oxygens (including phenoxy) is 6. The minimum atomic E-state index is -1.48. The van der Waals surface area contributed by atoms with Crippen LogP contribution in [-0.2, 0) is 32.8 Å². The van der Waals surface area contributed by atoms with Crippen molar-refractivity contribution in [2.24, 2.45) is 0 Å². The van der Waals surface area contributed by atoms with Crippen molar-refractivity contribution in [3.8, 4) is 0 Å². The van der Waals surface area contributed by atoms with E-state index in [0.717, 1.165) is 19.1 Å². The largest absolute Gasteiger partial charge is 0.420 e. The van der Waals surface area contributed by atoms with Crippen molar-refractivity contribution in [2.75, 3.05) is 53.9 Å². The fourth-order valence-corrected chi connectivity index (χ4v) is 3.76. The summed E-state index contributed by atoms with van der Waals surface area (Å²) in [5.41, 5.74) is 0. The summed E-state index contributed by atoms with van der Waals surface area (Å²) >= 11 is 0. The van der Waals surface area contributed by atoms with Crippen molar-refractivity contribution in [3.05, 3.63) is 0 Å².